The molecule has 1 aromatic rings. The number of hydrogen-bond acceptors (Lipinski definition) is 2. The second-order valence-electron chi connectivity index (χ2n) is 3.74. The van der Waals surface area contributed by atoms with E-state index in [0.29, 0.717) is 0 Å². The van der Waals surface area contributed by atoms with Crippen LogP contribution in [0.3, 0.4) is 0 Å². The molecule has 0 saturated heterocycles. The van der Waals surface area contributed by atoms with Crippen LogP contribution in [0, 0.1) is 6.92 Å². The third kappa shape index (κ3) is 2.23. The average molecular weight is 212 g/mol. The molecule has 1 rings (SSSR count). The molecule has 1 aromatic carbocycles. The Morgan fingerprint density at radius 3 is 2.50 bits per heavy atom. The number of halogens is 1. The molecule has 0 heterocycles. The summed E-state index contributed by atoms with van der Waals surface area (Å²) < 4.78 is 0. The molecule has 0 aliphatic carbocycles. The molecule has 14 heavy (non-hydrogen) atoms. The van der Waals surface area contributed by atoms with E-state index in [1.165, 1.54) is 0 Å². The van der Waals surface area contributed by atoms with E-state index in [0.717, 1.165) is 16.1 Å². The van der Waals surface area contributed by atoms with Crippen LogP contribution in [-0.2, 0) is 5.54 Å². The van der Waals surface area contributed by atoms with Crippen molar-refractivity contribution in [2.45, 2.75) is 26.3 Å². The zero-order chi connectivity index (χ0) is 10.8. The lowest BCUT2D eigenvalue weighted by molar-refractivity contribution is 0.516. The number of hydrogen-bond donors (Lipinski definition) is 1. The van der Waals surface area contributed by atoms with E-state index in [1.807, 2.05) is 39.0 Å². The summed E-state index contributed by atoms with van der Waals surface area (Å²) in [6.45, 7) is 5.86. The highest BCUT2D eigenvalue weighted by Crippen LogP contribution is 2.27. The Balaban J connectivity index is 3.14. The lowest BCUT2D eigenvalue weighted by Crippen LogP contribution is -2.13. The SMILES string of the molecule is Cc1cc(C(C)(C)N=NN)ccc1Cl. The fraction of sp³-hybridized carbons (Fsp3) is 0.400. The van der Waals surface area contributed by atoms with E-state index in [-0.39, 0.29) is 0 Å². The maximum atomic E-state index is 5.93. The highest BCUT2D eigenvalue weighted by atomic mass is 35.5. The Hall–Kier alpha value is -1.09. The molecule has 0 bridgehead atoms. The van der Waals surface area contributed by atoms with Gasteiger partial charge in [0.25, 0.3) is 0 Å². The van der Waals surface area contributed by atoms with Gasteiger partial charge < -0.3 is 5.84 Å². The summed E-state index contributed by atoms with van der Waals surface area (Å²) in [4.78, 5) is 0. The van der Waals surface area contributed by atoms with Gasteiger partial charge in [0, 0.05) is 5.02 Å². The van der Waals surface area contributed by atoms with E-state index >= 15 is 0 Å². The molecule has 0 aliphatic rings. The van der Waals surface area contributed by atoms with Crippen molar-refractivity contribution < 1.29 is 0 Å². The third-order valence-corrected chi connectivity index (χ3v) is 2.60. The smallest absolute Gasteiger partial charge is 0.103 e. The molecule has 0 spiro atoms. The standard InChI is InChI=1S/C10H14ClN3/c1-7-6-8(4-5-9(7)11)10(2,3)13-14-12/h4-6H,1-3H3,(H2,12,13). The molecule has 0 unspecified atom stereocenters. The van der Waals surface area contributed by atoms with E-state index in [1.54, 1.807) is 0 Å². The van der Waals surface area contributed by atoms with Crippen molar-refractivity contribution in [3.8, 4) is 0 Å². The Labute approximate surface area is 89.0 Å². The van der Waals surface area contributed by atoms with Crippen LogP contribution in [0.2, 0.25) is 5.02 Å². The minimum atomic E-state index is -0.399. The maximum absolute atomic E-state index is 5.93. The van der Waals surface area contributed by atoms with Crippen molar-refractivity contribution in [2.75, 3.05) is 0 Å². The second kappa shape index (κ2) is 3.96. The maximum Gasteiger partial charge on any atom is 0.103 e. The van der Waals surface area contributed by atoms with E-state index in [4.69, 9.17) is 17.4 Å². The predicted octanol–water partition coefficient (Wildman–Crippen LogP) is 3.21. The normalized spacial score (nSPS) is 12.3. The van der Waals surface area contributed by atoms with Crippen LogP contribution < -0.4 is 5.84 Å². The van der Waals surface area contributed by atoms with Crippen LogP contribution in [0.5, 0.6) is 0 Å². The number of rotatable bonds is 2. The molecule has 76 valence electrons. The minimum absolute atomic E-state index is 0.399. The highest BCUT2D eigenvalue weighted by Gasteiger charge is 2.20. The first-order valence-corrected chi connectivity index (χ1v) is 4.74. The van der Waals surface area contributed by atoms with Crippen molar-refractivity contribution in [1.29, 1.82) is 0 Å². The second-order valence-corrected chi connectivity index (χ2v) is 4.15. The molecular formula is C10H14ClN3. The highest BCUT2D eigenvalue weighted by molar-refractivity contribution is 6.31. The minimum Gasteiger partial charge on any atom is -0.305 e. The molecule has 0 radical (unpaired) electrons. The summed E-state index contributed by atoms with van der Waals surface area (Å²) in [5.41, 5.74) is 1.68. The van der Waals surface area contributed by atoms with Crippen LogP contribution in [0.25, 0.3) is 0 Å². The Kier molecular flexibility index (Phi) is 3.11. The third-order valence-electron chi connectivity index (χ3n) is 2.17. The van der Waals surface area contributed by atoms with Gasteiger partial charge in [0.15, 0.2) is 0 Å². The van der Waals surface area contributed by atoms with Crippen LogP contribution in [-0.4, -0.2) is 0 Å². The van der Waals surface area contributed by atoms with Crippen molar-refractivity contribution in [1.82, 2.24) is 0 Å². The zero-order valence-corrected chi connectivity index (χ0v) is 9.34. The van der Waals surface area contributed by atoms with E-state index < -0.39 is 5.54 Å². The van der Waals surface area contributed by atoms with Gasteiger partial charge in [0.2, 0.25) is 0 Å². The van der Waals surface area contributed by atoms with E-state index in [2.05, 4.69) is 10.3 Å². The number of nitrogens with zero attached hydrogens (tertiary/aromatic N) is 2. The van der Waals surface area contributed by atoms with Crippen LogP contribution >= 0.6 is 11.6 Å². The largest absolute Gasteiger partial charge is 0.305 e. The van der Waals surface area contributed by atoms with Gasteiger partial charge in [-0.25, -0.2) is 0 Å². The monoisotopic (exact) mass is 211 g/mol. The fourth-order valence-corrected chi connectivity index (χ4v) is 1.34. The van der Waals surface area contributed by atoms with Gasteiger partial charge in [-0.3, -0.25) is 0 Å². The molecule has 2 N–H and O–H groups in total. The molecule has 0 aliphatic heterocycles. The summed E-state index contributed by atoms with van der Waals surface area (Å²) in [6, 6.07) is 5.79. The molecular weight excluding hydrogens is 198 g/mol. The first-order valence-electron chi connectivity index (χ1n) is 4.36. The number of nitrogens with two attached hydrogens (primary N) is 1. The molecule has 0 amide bonds. The lowest BCUT2D eigenvalue weighted by Gasteiger charge is -2.18. The van der Waals surface area contributed by atoms with Crippen molar-refractivity contribution in [3.63, 3.8) is 0 Å². The number of benzene rings is 1. The quantitative estimate of drug-likeness (QED) is 0.456. The van der Waals surface area contributed by atoms with Crippen LogP contribution in [0.4, 0.5) is 0 Å². The van der Waals surface area contributed by atoms with Crippen LogP contribution in [0.15, 0.2) is 28.5 Å². The fourth-order valence-electron chi connectivity index (χ4n) is 1.23. The average Bonchev–Trinajstić information content (AvgIpc) is 2.09. The number of aryl methyl sites for hydroxylation is 1. The summed E-state index contributed by atoms with van der Waals surface area (Å²) in [5.74, 6) is 5.05. The summed E-state index contributed by atoms with van der Waals surface area (Å²) >= 11 is 5.93. The Morgan fingerprint density at radius 2 is 2.00 bits per heavy atom. The van der Waals surface area contributed by atoms with Gasteiger partial charge in [0.1, 0.15) is 5.54 Å². The van der Waals surface area contributed by atoms with Crippen molar-refractivity contribution >= 4 is 11.6 Å². The van der Waals surface area contributed by atoms with Crippen molar-refractivity contribution in [2.24, 2.45) is 16.2 Å². The zero-order valence-electron chi connectivity index (χ0n) is 8.58. The predicted molar refractivity (Wildman–Crippen MR) is 58.3 cm³/mol. The first kappa shape index (κ1) is 11.0. The lowest BCUT2D eigenvalue weighted by atomic mass is 9.94. The Morgan fingerprint density at radius 1 is 1.36 bits per heavy atom. The first-order chi connectivity index (χ1) is 6.47. The van der Waals surface area contributed by atoms with Gasteiger partial charge in [-0.2, -0.15) is 5.11 Å². The van der Waals surface area contributed by atoms with Gasteiger partial charge in [-0.1, -0.05) is 29.0 Å². The van der Waals surface area contributed by atoms with E-state index in [9.17, 15) is 0 Å². The van der Waals surface area contributed by atoms with Crippen LogP contribution in [0.1, 0.15) is 25.0 Å². The topological polar surface area (TPSA) is 50.7 Å². The molecule has 0 atom stereocenters. The summed E-state index contributed by atoms with van der Waals surface area (Å²) in [6.07, 6.45) is 0. The summed E-state index contributed by atoms with van der Waals surface area (Å²) in [5, 5.41) is 8.04. The Bertz CT molecular complexity index is 358. The molecule has 4 heteroatoms. The molecule has 0 saturated carbocycles. The van der Waals surface area contributed by atoms with Gasteiger partial charge >= 0.3 is 0 Å². The summed E-state index contributed by atoms with van der Waals surface area (Å²) in [7, 11) is 0. The van der Waals surface area contributed by atoms with Gasteiger partial charge in [0.05, 0.1) is 0 Å². The van der Waals surface area contributed by atoms with Crippen molar-refractivity contribution in [3.05, 3.63) is 34.3 Å². The van der Waals surface area contributed by atoms with Gasteiger partial charge in [-0.15, -0.1) is 0 Å². The molecule has 3 nitrogen and oxygen atoms in total. The van der Waals surface area contributed by atoms with Gasteiger partial charge in [-0.05, 0) is 38.0 Å². The molecule has 0 aromatic heterocycles. The molecule has 0 fully saturated rings.